The van der Waals surface area contributed by atoms with E-state index in [-0.39, 0.29) is 0 Å². The number of nitrogens with one attached hydrogen (secondary N) is 1. The Morgan fingerprint density at radius 2 is 2.17 bits per heavy atom. The van der Waals surface area contributed by atoms with Crippen molar-refractivity contribution in [2.45, 2.75) is 33.7 Å². The summed E-state index contributed by atoms with van der Waals surface area (Å²) in [6, 6.07) is 0. The molecule has 0 bridgehead atoms. The van der Waals surface area contributed by atoms with Crippen molar-refractivity contribution in [3.8, 4) is 0 Å². The van der Waals surface area contributed by atoms with Crippen LogP contribution in [0.5, 0.6) is 0 Å². The second-order valence-electron chi connectivity index (χ2n) is 2.80. The molecule has 12 heavy (non-hydrogen) atoms. The van der Waals surface area contributed by atoms with E-state index in [0.717, 1.165) is 17.7 Å². The fourth-order valence-electron chi connectivity index (χ4n) is 1.40. The molecule has 0 fully saturated rings. The van der Waals surface area contributed by atoms with Crippen molar-refractivity contribution in [3.63, 3.8) is 0 Å². The van der Waals surface area contributed by atoms with Gasteiger partial charge in [0.05, 0.1) is 12.7 Å². The van der Waals surface area contributed by atoms with Gasteiger partial charge in [0.2, 0.25) is 0 Å². The molecule has 2 nitrogen and oxygen atoms in total. The Kier molecular flexibility index (Phi) is 2.98. The first-order chi connectivity index (χ1) is 5.70. The maximum absolute atomic E-state index is 5.15. The van der Waals surface area contributed by atoms with Crippen LogP contribution in [0.15, 0.2) is 6.20 Å². The summed E-state index contributed by atoms with van der Waals surface area (Å²) in [5.74, 6) is 0. The van der Waals surface area contributed by atoms with Crippen molar-refractivity contribution in [3.05, 3.63) is 22.2 Å². The van der Waals surface area contributed by atoms with Crippen LogP contribution in [0.25, 0.3) is 0 Å². The lowest BCUT2D eigenvalue weighted by Gasteiger charge is -2.03. The van der Waals surface area contributed by atoms with Crippen LogP contribution in [0.1, 0.15) is 25.1 Å². The van der Waals surface area contributed by atoms with Crippen molar-refractivity contribution < 1.29 is 4.57 Å². The number of H-pyrrole nitrogens is 1. The number of nitrogens with zero attached hydrogens (tertiary/aromatic N) is 1. The Morgan fingerprint density at radius 3 is 2.67 bits per heavy atom. The maximum atomic E-state index is 5.15. The van der Waals surface area contributed by atoms with E-state index in [1.807, 2.05) is 6.20 Å². The third-order valence-corrected chi connectivity index (χ3v) is 2.52. The topological polar surface area (TPSA) is 19.7 Å². The summed E-state index contributed by atoms with van der Waals surface area (Å²) in [4.78, 5) is 3.09. The lowest BCUT2D eigenvalue weighted by atomic mass is 10.2. The first kappa shape index (κ1) is 9.39. The average Bonchev–Trinajstić information content (AvgIpc) is 2.06. The minimum atomic E-state index is 0.812. The number of hydrogen-bond acceptors (Lipinski definition) is 1. The van der Waals surface area contributed by atoms with Gasteiger partial charge in [0, 0.05) is 17.8 Å². The van der Waals surface area contributed by atoms with Crippen molar-refractivity contribution in [2.75, 3.05) is 0 Å². The molecule has 1 heterocycles. The summed E-state index contributed by atoms with van der Waals surface area (Å²) in [6.45, 7) is 7.32. The number of rotatable bonds is 2. The van der Waals surface area contributed by atoms with Gasteiger partial charge in [-0.1, -0.05) is 6.92 Å². The fourth-order valence-corrected chi connectivity index (χ4v) is 1.72. The minimum absolute atomic E-state index is 0.812. The van der Waals surface area contributed by atoms with Crippen molar-refractivity contribution >= 4 is 12.2 Å². The lowest BCUT2D eigenvalue weighted by molar-refractivity contribution is -0.709. The van der Waals surface area contributed by atoms with Crippen molar-refractivity contribution in [1.82, 2.24) is 4.98 Å². The van der Waals surface area contributed by atoms with Crippen LogP contribution in [-0.4, -0.2) is 4.98 Å². The van der Waals surface area contributed by atoms with E-state index in [4.69, 9.17) is 12.2 Å². The molecule has 1 aromatic heterocycles. The molecule has 0 radical (unpaired) electrons. The average molecular weight is 183 g/mol. The number of aryl methyl sites for hydroxylation is 1. The summed E-state index contributed by atoms with van der Waals surface area (Å²) < 4.78 is 2.93. The molecule has 0 amide bonds. The molecule has 0 spiro atoms. The normalized spacial score (nSPS) is 10.2. The SMILES string of the molecule is CCc1c[nH]c(=S)[n+](CC)c1C. The van der Waals surface area contributed by atoms with Gasteiger partial charge in [0.15, 0.2) is 0 Å². The summed E-state index contributed by atoms with van der Waals surface area (Å²) in [7, 11) is 0. The van der Waals surface area contributed by atoms with Gasteiger partial charge in [-0.3, -0.25) is 0 Å². The zero-order chi connectivity index (χ0) is 9.14. The standard InChI is InChI=1S/C9H14N2S/c1-4-8-6-10-9(12)11(5-2)7(8)3/h6H,4-5H2,1-3H3/p+1. The van der Waals surface area contributed by atoms with E-state index in [1.165, 1.54) is 11.3 Å². The van der Waals surface area contributed by atoms with Crippen LogP contribution in [0.4, 0.5) is 0 Å². The molecule has 0 unspecified atom stereocenters. The lowest BCUT2D eigenvalue weighted by Crippen LogP contribution is -2.39. The van der Waals surface area contributed by atoms with E-state index in [2.05, 4.69) is 30.3 Å². The zero-order valence-corrected chi connectivity index (χ0v) is 8.66. The van der Waals surface area contributed by atoms with Gasteiger partial charge in [-0.05, 0) is 20.3 Å². The second kappa shape index (κ2) is 3.81. The monoisotopic (exact) mass is 183 g/mol. The molecular weight excluding hydrogens is 168 g/mol. The van der Waals surface area contributed by atoms with Crippen LogP contribution in [-0.2, 0) is 13.0 Å². The number of aromatic amines is 1. The highest BCUT2D eigenvalue weighted by Crippen LogP contribution is 2.01. The van der Waals surface area contributed by atoms with Crippen molar-refractivity contribution in [1.29, 1.82) is 0 Å². The van der Waals surface area contributed by atoms with Gasteiger partial charge >= 0.3 is 4.77 Å². The molecule has 1 N–H and O–H groups in total. The molecule has 66 valence electrons. The highest BCUT2D eigenvalue weighted by molar-refractivity contribution is 7.71. The summed E-state index contributed by atoms with van der Waals surface area (Å²) in [6.07, 6.45) is 3.06. The molecule has 1 aromatic rings. The van der Waals surface area contributed by atoms with Crippen LogP contribution >= 0.6 is 12.2 Å². The zero-order valence-electron chi connectivity index (χ0n) is 7.85. The first-order valence-corrected chi connectivity index (χ1v) is 4.72. The Balaban J connectivity index is 3.34. The van der Waals surface area contributed by atoms with Gasteiger partial charge in [0.1, 0.15) is 5.69 Å². The van der Waals surface area contributed by atoms with E-state index >= 15 is 0 Å². The molecule has 0 aliphatic carbocycles. The largest absolute Gasteiger partial charge is 0.348 e. The maximum Gasteiger partial charge on any atom is 0.348 e. The van der Waals surface area contributed by atoms with Crippen LogP contribution in [0, 0.1) is 11.7 Å². The van der Waals surface area contributed by atoms with Crippen LogP contribution in [0.3, 0.4) is 0 Å². The van der Waals surface area contributed by atoms with Crippen LogP contribution < -0.4 is 4.57 Å². The fraction of sp³-hybridized carbons (Fsp3) is 0.556. The van der Waals surface area contributed by atoms with Crippen molar-refractivity contribution in [2.24, 2.45) is 0 Å². The Morgan fingerprint density at radius 1 is 1.50 bits per heavy atom. The molecule has 0 atom stereocenters. The smallest absolute Gasteiger partial charge is 0.237 e. The van der Waals surface area contributed by atoms with E-state index < -0.39 is 0 Å². The Labute approximate surface area is 78.3 Å². The highest BCUT2D eigenvalue weighted by atomic mass is 32.1. The summed E-state index contributed by atoms with van der Waals surface area (Å²) in [5.41, 5.74) is 2.62. The second-order valence-corrected chi connectivity index (χ2v) is 3.19. The van der Waals surface area contributed by atoms with E-state index in [1.54, 1.807) is 0 Å². The first-order valence-electron chi connectivity index (χ1n) is 4.31. The Hall–Kier alpha value is -0.700. The quantitative estimate of drug-likeness (QED) is 0.548. The highest BCUT2D eigenvalue weighted by Gasteiger charge is 2.07. The third-order valence-electron chi connectivity index (χ3n) is 2.18. The molecule has 0 aliphatic rings. The summed E-state index contributed by atoms with van der Waals surface area (Å²) >= 11 is 5.15. The van der Waals surface area contributed by atoms with E-state index in [0.29, 0.717) is 0 Å². The predicted molar refractivity (Wildman–Crippen MR) is 51.6 cm³/mol. The van der Waals surface area contributed by atoms with Gasteiger partial charge in [-0.2, -0.15) is 0 Å². The van der Waals surface area contributed by atoms with Gasteiger partial charge in [-0.15, -0.1) is 0 Å². The van der Waals surface area contributed by atoms with E-state index in [9.17, 15) is 0 Å². The molecule has 0 saturated heterocycles. The number of hydrogen-bond donors (Lipinski definition) is 1. The Bertz CT molecular complexity index is 328. The van der Waals surface area contributed by atoms with Gasteiger partial charge in [-0.25, -0.2) is 9.55 Å². The predicted octanol–water partition coefficient (Wildman–Crippen LogP) is 1.92. The molecular formula is C9H15N2S+. The molecule has 0 aliphatic heterocycles. The third kappa shape index (κ3) is 1.55. The van der Waals surface area contributed by atoms with Gasteiger partial charge in [0.25, 0.3) is 0 Å². The minimum Gasteiger partial charge on any atom is -0.237 e. The molecule has 0 saturated carbocycles. The van der Waals surface area contributed by atoms with Gasteiger partial charge < -0.3 is 0 Å². The number of aromatic nitrogens is 2. The van der Waals surface area contributed by atoms with Crippen LogP contribution in [0.2, 0.25) is 0 Å². The molecule has 1 rings (SSSR count). The summed E-state index contributed by atoms with van der Waals surface area (Å²) in [5, 5.41) is 0. The molecule has 0 aromatic carbocycles. The molecule has 3 heteroatoms.